The van der Waals surface area contributed by atoms with Gasteiger partial charge in [-0.05, 0) is 46.1 Å². The van der Waals surface area contributed by atoms with Crippen LogP contribution in [0, 0.1) is 0 Å². The van der Waals surface area contributed by atoms with E-state index in [1.54, 1.807) is 4.90 Å². The van der Waals surface area contributed by atoms with Gasteiger partial charge < -0.3 is 9.64 Å². The summed E-state index contributed by atoms with van der Waals surface area (Å²) in [6.07, 6.45) is 1.36. The first kappa shape index (κ1) is 17.7. The first-order valence-electron chi connectivity index (χ1n) is 7.98. The molecule has 0 atom stereocenters. The second-order valence-electron chi connectivity index (χ2n) is 7.50. The van der Waals surface area contributed by atoms with Crippen molar-refractivity contribution in [1.29, 1.82) is 0 Å². The molecule has 1 aliphatic heterocycles. The summed E-state index contributed by atoms with van der Waals surface area (Å²) in [5.74, 6) is -1.53. The van der Waals surface area contributed by atoms with E-state index in [9.17, 15) is 9.18 Å². The second-order valence-corrected chi connectivity index (χ2v) is 7.50. The maximum absolute atomic E-state index is 13.4. The molecule has 1 heterocycles. The molecular weight excluding hydrogens is 293 g/mol. The van der Waals surface area contributed by atoms with Gasteiger partial charge in [0.15, 0.2) is 5.83 Å². The SMILES string of the molecule is C=C(F)C(=O)N1C(C)(C)CC(OCc2ccccc2)CC1(C)C. The molecule has 0 N–H and O–H groups in total. The predicted octanol–water partition coefficient (Wildman–Crippen LogP) is 4.23. The second kappa shape index (κ2) is 6.44. The van der Waals surface area contributed by atoms with Gasteiger partial charge in [-0.15, -0.1) is 0 Å². The third-order valence-corrected chi connectivity index (χ3v) is 4.43. The molecule has 0 unspecified atom stereocenters. The number of piperidine rings is 1. The minimum absolute atomic E-state index is 0.0251. The highest BCUT2D eigenvalue weighted by Gasteiger charge is 2.48. The molecule has 3 nitrogen and oxygen atoms in total. The van der Waals surface area contributed by atoms with E-state index < -0.39 is 22.8 Å². The maximum atomic E-state index is 13.4. The Labute approximate surface area is 138 Å². The number of carbonyl (C=O) groups is 1. The molecule has 0 radical (unpaired) electrons. The topological polar surface area (TPSA) is 29.5 Å². The molecule has 1 aliphatic rings. The number of nitrogens with zero attached hydrogens (tertiary/aromatic N) is 1. The summed E-state index contributed by atoms with van der Waals surface area (Å²) in [5.41, 5.74) is 0.142. The van der Waals surface area contributed by atoms with Crippen LogP contribution in [0.5, 0.6) is 0 Å². The van der Waals surface area contributed by atoms with Gasteiger partial charge in [0.1, 0.15) is 0 Å². The van der Waals surface area contributed by atoms with Gasteiger partial charge in [0, 0.05) is 11.1 Å². The van der Waals surface area contributed by atoms with Gasteiger partial charge in [0.25, 0.3) is 5.91 Å². The van der Waals surface area contributed by atoms with Crippen LogP contribution in [-0.2, 0) is 16.1 Å². The molecule has 0 bridgehead atoms. The minimum Gasteiger partial charge on any atom is -0.373 e. The van der Waals surface area contributed by atoms with Crippen LogP contribution in [0.25, 0.3) is 0 Å². The molecule has 126 valence electrons. The molecule has 1 saturated heterocycles. The van der Waals surface area contributed by atoms with Crippen LogP contribution in [0.1, 0.15) is 46.1 Å². The van der Waals surface area contributed by atoms with Crippen molar-refractivity contribution in [3.63, 3.8) is 0 Å². The van der Waals surface area contributed by atoms with Crippen molar-refractivity contribution in [2.45, 2.75) is 64.3 Å². The van der Waals surface area contributed by atoms with Crippen LogP contribution < -0.4 is 0 Å². The third kappa shape index (κ3) is 3.99. The molecule has 1 aromatic rings. The minimum atomic E-state index is -0.908. The van der Waals surface area contributed by atoms with Crippen LogP contribution in [0.4, 0.5) is 4.39 Å². The highest BCUT2D eigenvalue weighted by molar-refractivity contribution is 5.91. The van der Waals surface area contributed by atoms with Gasteiger partial charge in [0.2, 0.25) is 0 Å². The van der Waals surface area contributed by atoms with E-state index in [2.05, 4.69) is 6.58 Å². The number of rotatable bonds is 4. The number of hydrogen-bond acceptors (Lipinski definition) is 2. The largest absolute Gasteiger partial charge is 0.373 e. The molecule has 0 saturated carbocycles. The quantitative estimate of drug-likeness (QED) is 0.777. The van der Waals surface area contributed by atoms with Crippen molar-refractivity contribution >= 4 is 5.91 Å². The number of halogens is 1. The monoisotopic (exact) mass is 319 g/mol. The fourth-order valence-electron chi connectivity index (χ4n) is 3.77. The van der Waals surface area contributed by atoms with Gasteiger partial charge in [0.05, 0.1) is 12.7 Å². The van der Waals surface area contributed by atoms with Gasteiger partial charge in [-0.1, -0.05) is 36.9 Å². The summed E-state index contributed by atoms with van der Waals surface area (Å²) in [5, 5.41) is 0. The Bertz CT molecular complexity index is 562. The van der Waals surface area contributed by atoms with Crippen molar-refractivity contribution < 1.29 is 13.9 Å². The van der Waals surface area contributed by atoms with Crippen LogP contribution >= 0.6 is 0 Å². The highest BCUT2D eigenvalue weighted by Crippen LogP contribution is 2.40. The molecule has 23 heavy (non-hydrogen) atoms. The van der Waals surface area contributed by atoms with Crippen LogP contribution in [0.15, 0.2) is 42.7 Å². The summed E-state index contributed by atoms with van der Waals surface area (Å²) >= 11 is 0. The fraction of sp³-hybridized carbons (Fsp3) is 0.526. The Balaban J connectivity index is 2.11. The van der Waals surface area contributed by atoms with Crippen molar-refractivity contribution in [3.05, 3.63) is 48.3 Å². The van der Waals surface area contributed by atoms with Gasteiger partial charge >= 0.3 is 0 Å². The van der Waals surface area contributed by atoms with E-state index in [0.717, 1.165) is 5.56 Å². The van der Waals surface area contributed by atoms with Crippen molar-refractivity contribution in [1.82, 2.24) is 4.90 Å². The van der Waals surface area contributed by atoms with Crippen LogP contribution in [-0.4, -0.2) is 28.0 Å². The number of likely N-dealkylation sites (tertiary alicyclic amines) is 1. The van der Waals surface area contributed by atoms with Gasteiger partial charge in [-0.2, -0.15) is 0 Å². The Hall–Kier alpha value is -1.68. The summed E-state index contributed by atoms with van der Waals surface area (Å²) in [6, 6.07) is 10.0. The molecule has 0 aromatic heterocycles. The number of benzene rings is 1. The number of amides is 1. The predicted molar refractivity (Wildman–Crippen MR) is 89.5 cm³/mol. The highest BCUT2D eigenvalue weighted by atomic mass is 19.1. The number of carbonyl (C=O) groups excluding carboxylic acids is 1. The molecule has 4 heteroatoms. The van der Waals surface area contributed by atoms with E-state index >= 15 is 0 Å². The van der Waals surface area contributed by atoms with Crippen molar-refractivity contribution in [3.8, 4) is 0 Å². The maximum Gasteiger partial charge on any atom is 0.282 e. The lowest BCUT2D eigenvalue weighted by Gasteiger charge is -2.54. The molecular formula is C19H26FNO2. The van der Waals surface area contributed by atoms with Crippen LogP contribution in [0.2, 0.25) is 0 Å². The van der Waals surface area contributed by atoms with E-state index in [4.69, 9.17) is 4.74 Å². The van der Waals surface area contributed by atoms with Gasteiger partial charge in [-0.3, -0.25) is 4.79 Å². The summed E-state index contributed by atoms with van der Waals surface area (Å²) in [6.45, 7) is 11.5. The van der Waals surface area contributed by atoms with E-state index in [-0.39, 0.29) is 6.10 Å². The summed E-state index contributed by atoms with van der Waals surface area (Å²) < 4.78 is 19.5. The van der Waals surface area contributed by atoms with E-state index in [1.165, 1.54) is 0 Å². The molecule has 0 aliphatic carbocycles. The molecule has 1 fully saturated rings. The Morgan fingerprint density at radius 1 is 1.22 bits per heavy atom. The lowest BCUT2D eigenvalue weighted by Crippen LogP contribution is -2.64. The normalized spacial score (nSPS) is 20.3. The Kier molecular flexibility index (Phi) is 4.95. The molecule has 1 aromatic carbocycles. The number of ether oxygens (including phenoxy) is 1. The average Bonchev–Trinajstić information content (AvgIpc) is 2.43. The lowest BCUT2D eigenvalue weighted by atomic mass is 9.78. The molecule has 2 rings (SSSR count). The van der Waals surface area contributed by atoms with Crippen LogP contribution in [0.3, 0.4) is 0 Å². The molecule has 0 spiro atoms. The zero-order valence-corrected chi connectivity index (χ0v) is 14.4. The van der Waals surface area contributed by atoms with Crippen molar-refractivity contribution in [2.75, 3.05) is 0 Å². The molecule has 1 amide bonds. The standard InChI is InChI=1S/C19H26FNO2/c1-14(20)17(22)21-18(2,3)11-16(12-19(21,4)5)23-13-15-9-7-6-8-10-15/h6-10,16H,1,11-13H2,2-5H3. The first-order chi connectivity index (χ1) is 10.6. The average molecular weight is 319 g/mol. The zero-order valence-electron chi connectivity index (χ0n) is 14.4. The Morgan fingerprint density at radius 3 is 2.22 bits per heavy atom. The summed E-state index contributed by atoms with van der Waals surface area (Å²) in [7, 11) is 0. The van der Waals surface area contributed by atoms with E-state index in [1.807, 2.05) is 58.0 Å². The Morgan fingerprint density at radius 2 is 1.74 bits per heavy atom. The third-order valence-electron chi connectivity index (χ3n) is 4.43. The van der Waals surface area contributed by atoms with Gasteiger partial charge in [-0.25, -0.2) is 4.39 Å². The number of hydrogen-bond donors (Lipinski definition) is 0. The van der Waals surface area contributed by atoms with E-state index in [0.29, 0.717) is 19.4 Å². The lowest BCUT2D eigenvalue weighted by molar-refractivity contribution is -0.156. The fourth-order valence-corrected chi connectivity index (χ4v) is 3.77. The summed E-state index contributed by atoms with van der Waals surface area (Å²) in [4.78, 5) is 13.8. The zero-order chi connectivity index (χ0) is 17.3. The van der Waals surface area contributed by atoms with Crippen molar-refractivity contribution in [2.24, 2.45) is 0 Å². The smallest absolute Gasteiger partial charge is 0.282 e. The first-order valence-corrected chi connectivity index (χ1v) is 7.98.